The average molecular weight is 369 g/mol. The van der Waals surface area contributed by atoms with Gasteiger partial charge < -0.3 is 4.74 Å². The first kappa shape index (κ1) is 14.8. The molecule has 0 heterocycles. The number of carbonyl (C=O) groups is 1. The standard InChI is InChI=1S/C11H7F3INO2/c1-2-18-10(17)6-3-4-8(15)7(5-16)9(6)11(12,13)14/h3-4H,2H2,1H3. The van der Waals surface area contributed by atoms with Crippen molar-refractivity contribution in [3.05, 3.63) is 32.4 Å². The molecule has 0 aliphatic heterocycles. The van der Waals surface area contributed by atoms with Crippen molar-refractivity contribution >= 4 is 28.6 Å². The van der Waals surface area contributed by atoms with Crippen molar-refractivity contribution in [1.82, 2.24) is 0 Å². The van der Waals surface area contributed by atoms with E-state index in [0.717, 1.165) is 6.07 Å². The van der Waals surface area contributed by atoms with Crippen LogP contribution in [0.4, 0.5) is 13.2 Å². The Balaban J connectivity index is 3.54. The highest BCUT2D eigenvalue weighted by Gasteiger charge is 2.39. The van der Waals surface area contributed by atoms with Crippen molar-refractivity contribution in [3.63, 3.8) is 0 Å². The summed E-state index contributed by atoms with van der Waals surface area (Å²) >= 11 is 1.61. The van der Waals surface area contributed by atoms with E-state index in [1.165, 1.54) is 19.1 Å². The van der Waals surface area contributed by atoms with Gasteiger partial charge in [-0.1, -0.05) is 0 Å². The van der Waals surface area contributed by atoms with Gasteiger partial charge in [-0.3, -0.25) is 0 Å². The molecule has 0 aromatic heterocycles. The summed E-state index contributed by atoms with van der Waals surface area (Å²) in [6.45, 7) is 1.45. The summed E-state index contributed by atoms with van der Waals surface area (Å²) in [7, 11) is 0. The van der Waals surface area contributed by atoms with E-state index in [4.69, 9.17) is 5.26 Å². The van der Waals surface area contributed by atoms with Crippen molar-refractivity contribution in [2.24, 2.45) is 0 Å². The molecule has 0 spiro atoms. The highest BCUT2D eigenvalue weighted by Crippen LogP contribution is 2.36. The fourth-order valence-corrected chi connectivity index (χ4v) is 1.93. The molecule has 0 saturated heterocycles. The minimum Gasteiger partial charge on any atom is -0.462 e. The number of hydrogen-bond acceptors (Lipinski definition) is 3. The molecule has 0 unspecified atom stereocenters. The zero-order valence-corrected chi connectivity index (χ0v) is 11.3. The maximum Gasteiger partial charge on any atom is 0.418 e. The number of esters is 1. The second-order valence-corrected chi connectivity index (χ2v) is 4.34. The number of benzene rings is 1. The second kappa shape index (κ2) is 5.56. The molecular formula is C11H7F3INO2. The third kappa shape index (κ3) is 2.93. The van der Waals surface area contributed by atoms with E-state index < -0.39 is 28.8 Å². The minimum atomic E-state index is -4.78. The highest BCUT2D eigenvalue weighted by atomic mass is 127. The Bertz CT molecular complexity index is 520. The molecular weight excluding hydrogens is 362 g/mol. The molecule has 1 aromatic rings. The molecule has 18 heavy (non-hydrogen) atoms. The molecule has 1 aromatic carbocycles. The number of carbonyl (C=O) groups excluding carboxylic acids is 1. The number of nitrogens with zero attached hydrogens (tertiary/aromatic N) is 1. The van der Waals surface area contributed by atoms with Crippen LogP contribution in [0, 0.1) is 14.9 Å². The SMILES string of the molecule is CCOC(=O)c1ccc(I)c(C#N)c1C(F)(F)F. The Morgan fingerprint density at radius 2 is 2.11 bits per heavy atom. The van der Waals surface area contributed by atoms with E-state index in [9.17, 15) is 18.0 Å². The summed E-state index contributed by atoms with van der Waals surface area (Å²) in [5, 5.41) is 8.79. The van der Waals surface area contributed by atoms with Gasteiger partial charge >= 0.3 is 12.1 Å². The first-order valence-corrected chi connectivity index (χ1v) is 5.87. The maximum absolute atomic E-state index is 12.9. The van der Waals surface area contributed by atoms with Crippen LogP contribution in [0.2, 0.25) is 0 Å². The van der Waals surface area contributed by atoms with Crippen LogP contribution in [0.3, 0.4) is 0 Å². The highest BCUT2D eigenvalue weighted by molar-refractivity contribution is 14.1. The molecule has 0 fully saturated rings. The lowest BCUT2D eigenvalue weighted by molar-refractivity contribution is -0.138. The van der Waals surface area contributed by atoms with Gasteiger partial charge in [-0.25, -0.2) is 4.79 Å². The Labute approximate surface area is 115 Å². The first-order chi connectivity index (χ1) is 8.32. The van der Waals surface area contributed by atoms with Crippen LogP contribution in [0.5, 0.6) is 0 Å². The predicted molar refractivity (Wildman–Crippen MR) is 64.8 cm³/mol. The summed E-state index contributed by atoms with van der Waals surface area (Å²) in [6.07, 6.45) is -4.78. The molecule has 0 N–H and O–H groups in total. The summed E-state index contributed by atoms with van der Waals surface area (Å²) in [5.74, 6) is -1.09. The quantitative estimate of drug-likeness (QED) is 0.594. The third-order valence-electron chi connectivity index (χ3n) is 2.05. The number of hydrogen-bond donors (Lipinski definition) is 0. The summed E-state index contributed by atoms with van der Waals surface area (Å²) in [4.78, 5) is 11.5. The van der Waals surface area contributed by atoms with Gasteiger partial charge in [-0.05, 0) is 41.6 Å². The van der Waals surface area contributed by atoms with E-state index in [1.54, 1.807) is 22.6 Å². The Hall–Kier alpha value is -1.30. The van der Waals surface area contributed by atoms with Crippen LogP contribution in [0.1, 0.15) is 28.4 Å². The average Bonchev–Trinajstić information content (AvgIpc) is 2.27. The van der Waals surface area contributed by atoms with Gasteiger partial charge in [-0.2, -0.15) is 18.4 Å². The monoisotopic (exact) mass is 369 g/mol. The van der Waals surface area contributed by atoms with E-state index in [0.29, 0.717) is 0 Å². The molecule has 3 nitrogen and oxygen atoms in total. The lowest BCUT2D eigenvalue weighted by atomic mass is 10.0. The molecule has 0 aliphatic rings. The van der Waals surface area contributed by atoms with Crippen LogP contribution >= 0.6 is 22.6 Å². The Morgan fingerprint density at radius 1 is 1.50 bits per heavy atom. The number of halogens is 4. The van der Waals surface area contributed by atoms with Crippen molar-refractivity contribution in [1.29, 1.82) is 5.26 Å². The van der Waals surface area contributed by atoms with Crippen LogP contribution < -0.4 is 0 Å². The maximum atomic E-state index is 12.9. The van der Waals surface area contributed by atoms with Crippen LogP contribution in [0.15, 0.2) is 12.1 Å². The van der Waals surface area contributed by atoms with Crippen LogP contribution in [-0.4, -0.2) is 12.6 Å². The van der Waals surface area contributed by atoms with Crippen molar-refractivity contribution in [2.75, 3.05) is 6.61 Å². The molecule has 1 rings (SSSR count). The smallest absolute Gasteiger partial charge is 0.418 e. The molecule has 96 valence electrons. The molecule has 0 saturated carbocycles. The van der Waals surface area contributed by atoms with Gasteiger partial charge in [0.1, 0.15) is 6.07 Å². The summed E-state index contributed by atoms with van der Waals surface area (Å²) in [6, 6.07) is 3.77. The van der Waals surface area contributed by atoms with Crippen LogP contribution in [-0.2, 0) is 10.9 Å². The van der Waals surface area contributed by atoms with Crippen LogP contribution in [0.25, 0.3) is 0 Å². The molecule has 0 amide bonds. The zero-order chi connectivity index (χ0) is 13.9. The summed E-state index contributed by atoms with van der Waals surface area (Å²) in [5.41, 5.74) is -2.44. The lowest BCUT2D eigenvalue weighted by Gasteiger charge is -2.14. The number of ether oxygens (including phenoxy) is 1. The fourth-order valence-electron chi connectivity index (χ4n) is 1.36. The lowest BCUT2D eigenvalue weighted by Crippen LogP contribution is -2.18. The van der Waals surface area contributed by atoms with Gasteiger partial charge in [0.2, 0.25) is 0 Å². The van der Waals surface area contributed by atoms with Gasteiger partial charge in [0.05, 0.1) is 23.3 Å². The van der Waals surface area contributed by atoms with Gasteiger partial charge in [-0.15, -0.1) is 0 Å². The third-order valence-corrected chi connectivity index (χ3v) is 2.94. The van der Waals surface area contributed by atoms with Crippen molar-refractivity contribution < 1.29 is 22.7 Å². The predicted octanol–water partition coefficient (Wildman–Crippen LogP) is 3.36. The second-order valence-electron chi connectivity index (χ2n) is 3.17. The van der Waals surface area contributed by atoms with Gasteiger partial charge in [0, 0.05) is 3.57 Å². The normalized spacial score (nSPS) is 10.9. The van der Waals surface area contributed by atoms with Crippen molar-refractivity contribution in [3.8, 4) is 6.07 Å². The van der Waals surface area contributed by atoms with E-state index in [1.807, 2.05) is 0 Å². The number of alkyl halides is 3. The Kier molecular flexibility index (Phi) is 4.56. The largest absolute Gasteiger partial charge is 0.462 e. The minimum absolute atomic E-state index is 0.0377. The van der Waals surface area contributed by atoms with Gasteiger partial charge in [0.15, 0.2) is 0 Å². The number of rotatable bonds is 2. The van der Waals surface area contributed by atoms with E-state index in [2.05, 4.69) is 4.74 Å². The summed E-state index contributed by atoms with van der Waals surface area (Å²) < 4.78 is 43.4. The molecule has 0 aliphatic carbocycles. The molecule has 0 radical (unpaired) electrons. The molecule has 7 heteroatoms. The first-order valence-electron chi connectivity index (χ1n) is 4.79. The molecule has 0 bridgehead atoms. The fraction of sp³-hybridized carbons (Fsp3) is 0.273. The topological polar surface area (TPSA) is 50.1 Å². The molecule has 0 atom stereocenters. The zero-order valence-electron chi connectivity index (χ0n) is 9.14. The van der Waals surface area contributed by atoms with Gasteiger partial charge in [0.25, 0.3) is 0 Å². The Morgan fingerprint density at radius 3 is 2.56 bits per heavy atom. The van der Waals surface area contributed by atoms with E-state index in [-0.39, 0.29) is 10.2 Å². The van der Waals surface area contributed by atoms with E-state index >= 15 is 0 Å². The van der Waals surface area contributed by atoms with Crippen molar-refractivity contribution in [2.45, 2.75) is 13.1 Å². The number of nitriles is 1.